The first-order valence-corrected chi connectivity index (χ1v) is 10.3. The average molecular weight is 445 g/mol. The minimum Gasteiger partial charge on any atom is -0.496 e. The molecular weight excluding hydrogens is 424 g/mol. The van der Waals surface area contributed by atoms with Crippen LogP contribution in [0.15, 0.2) is 56.8 Å². The van der Waals surface area contributed by atoms with Crippen molar-refractivity contribution in [3.05, 3.63) is 63.0 Å². The first-order chi connectivity index (χ1) is 13.0. The van der Waals surface area contributed by atoms with Gasteiger partial charge in [-0.15, -0.1) is 0 Å². The summed E-state index contributed by atoms with van der Waals surface area (Å²) in [6.07, 6.45) is 2.78. The number of aliphatic imine (C=N–C) groups is 1. The van der Waals surface area contributed by atoms with Gasteiger partial charge in [-0.2, -0.15) is 0 Å². The summed E-state index contributed by atoms with van der Waals surface area (Å²) in [7, 11) is 1.63. The molecule has 2 aromatic rings. The van der Waals surface area contributed by atoms with E-state index in [1.165, 1.54) is 17.3 Å². The summed E-state index contributed by atoms with van der Waals surface area (Å²) in [5.41, 5.74) is 2.97. The molecule has 0 N–H and O–H groups in total. The number of amides is 1. The Kier molecular flexibility index (Phi) is 6.39. The molecule has 27 heavy (non-hydrogen) atoms. The van der Waals surface area contributed by atoms with Crippen molar-refractivity contribution in [2.75, 3.05) is 13.7 Å². The third-order valence-electron chi connectivity index (χ3n) is 4.07. The zero-order valence-electron chi connectivity index (χ0n) is 15.5. The molecule has 0 spiro atoms. The smallest absolute Gasteiger partial charge is 0.266 e. The Morgan fingerprint density at radius 3 is 2.59 bits per heavy atom. The van der Waals surface area contributed by atoms with Crippen LogP contribution in [0.25, 0.3) is 6.08 Å². The molecule has 0 saturated carbocycles. The van der Waals surface area contributed by atoms with Crippen molar-refractivity contribution in [3.8, 4) is 5.75 Å². The summed E-state index contributed by atoms with van der Waals surface area (Å²) in [6.45, 7) is 4.76. The van der Waals surface area contributed by atoms with E-state index in [0.717, 1.165) is 33.1 Å². The Hall–Kier alpha value is -2.05. The van der Waals surface area contributed by atoms with Crippen molar-refractivity contribution < 1.29 is 9.53 Å². The lowest BCUT2D eigenvalue weighted by molar-refractivity contribution is -0.122. The zero-order valence-corrected chi connectivity index (χ0v) is 17.9. The fourth-order valence-electron chi connectivity index (χ4n) is 2.67. The summed E-state index contributed by atoms with van der Waals surface area (Å²) >= 11 is 4.91. The lowest BCUT2D eigenvalue weighted by Gasteiger charge is -2.13. The number of hydrogen-bond donors (Lipinski definition) is 0. The number of ether oxygens (including phenoxy) is 1. The molecule has 0 atom stereocenters. The van der Waals surface area contributed by atoms with Gasteiger partial charge in [0.25, 0.3) is 5.91 Å². The van der Waals surface area contributed by atoms with Gasteiger partial charge in [0.15, 0.2) is 5.17 Å². The monoisotopic (exact) mass is 444 g/mol. The number of aryl methyl sites for hydroxylation is 1. The van der Waals surface area contributed by atoms with Gasteiger partial charge in [-0.3, -0.25) is 9.69 Å². The van der Waals surface area contributed by atoms with Gasteiger partial charge in [-0.05, 0) is 76.9 Å². The van der Waals surface area contributed by atoms with Crippen LogP contribution in [0.3, 0.4) is 0 Å². The van der Waals surface area contributed by atoms with Gasteiger partial charge >= 0.3 is 0 Å². The van der Waals surface area contributed by atoms with Gasteiger partial charge in [0.1, 0.15) is 5.75 Å². The van der Waals surface area contributed by atoms with Crippen molar-refractivity contribution >= 4 is 50.5 Å². The number of thioether (sulfide) groups is 1. The molecule has 0 aliphatic carbocycles. The molecule has 1 aliphatic heterocycles. The average Bonchev–Trinajstić information content (AvgIpc) is 2.93. The first kappa shape index (κ1) is 19.7. The number of benzene rings is 2. The SMILES string of the molecule is CCCN1C(=O)/C(=C\c2ccc(OC)c(Br)c2)SC1=Nc1ccc(C)cc1. The van der Waals surface area contributed by atoms with E-state index in [1.807, 2.05) is 55.5 Å². The minimum absolute atomic E-state index is 0.000322. The maximum absolute atomic E-state index is 12.9. The molecular formula is C21H21BrN2O2S. The number of nitrogens with zero attached hydrogens (tertiary/aromatic N) is 2. The Balaban J connectivity index is 1.92. The van der Waals surface area contributed by atoms with Crippen molar-refractivity contribution in [2.24, 2.45) is 4.99 Å². The van der Waals surface area contributed by atoms with Crippen LogP contribution in [-0.4, -0.2) is 29.6 Å². The molecule has 1 aliphatic rings. The largest absolute Gasteiger partial charge is 0.496 e. The van der Waals surface area contributed by atoms with Crippen LogP contribution in [-0.2, 0) is 4.79 Å². The topological polar surface area (TPSA) is 41.9 Å². The minimum atomic E-state index is -0.000322. The summed E-state index contributed by atoms with van der Waals surface area (Å²) in [5.74, 6) is 0.761. The van der Waals surface area contributed by atoms with Crippen molar-refractivity contribution in [1.82, 2.24) is 4.90 Å². The quantitative estimate of drug-likeness (QED) is 0.548. The summed E-state index contributed by atoms with van der Waals surface area (Å²) < 4.78 is 6.12. The maximum atomic E-state index is 12.9. The second-order valence-corrected chi connectivity index (χ2v) is 8.05. The predicted octanol–water partition coefficient (Wildman–Crippen LogP) is 5.78. The fraction of sp³-hybridized carbons (Fsp3) is 0.238. The van der Waals surface area contributed by atoms with Crippen LogP contribution in [0, 0.1) is 6.92 Å². The predicted molar refractivity (Wildman–Crippen MR) is 117 cm³/mol. The number of methoxy groups -OCH3 is 1. The van der Waals surface area contributed by atoms with E-state index in [-0.39, 0.29) is 5.91 Å². The van der Waals surface area contributed by atoms with Gasteiger partial charge in [0.05, 0.1) is 22.2 Å². The van der Waals surface area contributed by atoms with Crippen LogP contribution >= 0.6 is 27.7 Å². The molecule has 1 amide bonds. The molecule has 2 aromatic carbocycles. The highest BCUT2D eigenvalue weighted by atomic mass is 79.9. The van der Waals surface area contributed by atoms with Crippen molar-refractivity contribution in [1.29, 1.82) is 0 Å². The van der Waals surface area contributed by atoms with Gasteiger partial charge in [-0.25, -0.2) is 4.99 Å². The number of carbonyl (C=O) groups is 1. The second-order valence-electron chi connectivity index (χ2n) is 6.19. The van der Waals surface area contributed by atoms with Crippen LogP contribution in [0.1, 0.15) is 24.5 Å². The van der Waals surface area contributed by atoms with Crippen molar-refractivity contribution in [2.45, 2.75) is 20.3 Å². The Morgan fingerprint density at radius 1 is 1.22 bits per heavy atom. The molecule has 1 fully saturated rings. The summed E-state index contributed by atoms with van der Waals surface area (Å²) in [6, 6.07) is 13.8. The molecule has 3 rings (SSSR count). The first-order valence-electron chi connectivity index (χ1n) is 8.72. The third-order valence-corrected chi connectivity index (χ3v) is 5.69. The number of rotatable bonds is 5. The molecule has 140 valence electrons. The van der Waals surface area contributed by atoms with E-state index in [9.17, 15) is 4.79 Å². The Morgan fingerprint density at radius 2 is 1.96 bits per heavy atom. The number of halogens is 1. The van der Waals surface area contributed by atoms with Gasteiger partial charge in [0.2, 0.25) is 0 Å². The van der Waals surface area contributed by atoms with E-state index in [0.29, 0.717) is 11.4 Å². The van der Waals surface area contributed by atoms with Crippen molar-refractivity contribution in [3.63, 3.8) is 0 Å². The molecule has 4 nitrogen and oxygen atoms in total. The molecule has 0 unspecified atom stereocenters. The lowest BCUT2D eigenvalue weighted by atomic mass is 10.2. The van der Waals surface area contributed by atoms with E-state index < -0.39 is 0 Å². The molecule has 6 heteroatoms. The van der Waals surface area contributed by atoms with Crippen LogP contribution in [0.2, 0.25) is 0 Å². The Bertz CT molecular complexity index is 907. The summed E-state index contributed by atoms with van der Waals surface area (Å²) in [4.78, 5) is 20.0. The van der Waals surface area contributed by atoms with Crippen LogP contribution in [0.4, 0.5) is 5.69 Å². The zero-order chi connectivity index (χ0) is 19.4. The molecule has 0 bridgehead atoms. The van der Waals surface area contributed by atoms with E-state index >= 15 is 0 Å². The highest BCUT2D eigenvalue weighted by molar-refractivity contribution is 9.10. The van der Waals surface area contributed by atoms with Gasteiger partial charge in [-0.1, -0.05) is 30.7 Å². The molecule has 0 aromatic heterocycles. The molecule has 1 heterocycles. The highest BCUT2D eigenvalue weighted by Gasteiger charge is 2.32. The summed E-state index contributed by atoms with van der Waals surface area (Å²) in [5, 5.41) is 0.726. The lowest BCUT2D eigenvalue weighted by Crippen LogP contribution is -2.29. The fourth-order valence-corrected chi connectivity index (χ4v) is 4.25. The normalized spacial score (nSPS) is 17.2. The number of amidine groups is 1. The van der Waals surface area contributed by atoms with E-state index in [4.69, 9.17) is 9.73 Å². The number of hydrogen-bond acceptors (Lipinski definition) is 4. The third kappa shape index (κ3) is 4.62. The van der Waals surface area contributed by atoms with Gasteiger partial charge < -0.3 is 4.74 Å². The van der Waals surface area contributed by atoms with Crippen LogP contribution in [0.5, 0.6) is 5.75 Å². The van der Waals surface area contributed by atoms with Crippen LogP contribution < -0.4 is 4.74 Å². The Labute approximate surface area is 172 Å². The van der Waals surface area contributed by atoms with E-state index in [1.54, 1.807) is 12.0 Å². The molecule has 1 saturated heterocycles. The van der Waals surface area contributed by atoms with Gasteiger partial charge in [0, 0.05) is 6.54 Å². The second kappa shape index (κ2) is 8.76. The van der Waals surface area contributed by atoms with E-state index in [2.05, 4.69) is 22.9 Å². The highest BCUT2D eigenvalue weighted by Crippen LogP contribution is 2.35. The molecule has 0 radical (unpaired) electrons. The maximum Gasteiger partial charge on any atom is 0.266 e. The number of carbonyl (C=O) groups excluding carboxylic acids is 1. The standard InChI is InChI=1S/C21H21BrN2O2S/c1-4-11-24-20(25)19(13-15-7-10-18(26-3)17(22)12-15)27-21(24)23-16-8-5-14(2)6-9-16/h5-10,12-13H,4,11H2,1-3H3/b19-13+,23-21?.